The van der Waals surface area contributed by atoms with E-state index in [-0.39, 0.29) is 5.91 Å². The summed E-state index contributed by atoms with van der Waals surface area (Å²) in [5.74, 6) is 0.577. The number of nitrogens with zero attached hydrogens (tertiary/aromatic N) is 2. The van der Waals surface area contributed by atoms with Crippen molar-refractivity contribution in [2.24, 2.45) is 0 Å². The number of rotatable bonds is 4. The van der Waals surface area contributed by atoms with Crippen LogP contribution in [0.2, 0.25) is 0 Å². The van der Waals surface area contributed by atoms with E-state index in [2.05, 4.69) is 22.2 Å². The van der Waals surface area contributed by atoms with E-state index in [9.17, 15) is 4.79 Å². The maximum Gasteiger partial charge on any atom is 0.254 e. The summed E-state index contributed by atoms with van der Waals surface area (Å²) in [7, 11) is 0. The topological polar surface area (TPSA) is 54.9 Å². The summed E-state index contributed by atoms with van der Waals surface area (Å²) >= 11 is 0. The Bertz CT molecular complexity index is 295. The molecular formula is C10H15N3O. The lowest BCUT2D eigenvalue weighted by atomic mass is 10.3. The van der Waals surface area contributed by atoms with Gasteiger partial charge in [0.15, 0.2) is 0 Å². The Morgan fingerprint density at radius 3 is 2.64 bits per heavy atom. The van der Waals surface area contributed by atoms with Crippen LogP contribution in [0.15, 0.2) is 12.4 Å². The van der Waals surface area contributed by atoms with Gasteiger partial charge < -0.3 is 5.32 Å². The predicted octanol–water partition coefficient (Wildman–Crippen LogP) is 1.31. The molecule has 0 atom stereocenters. The van der Waals surface area contributed by atoms with Gasteiger partial charge in [-0.15, -0.1) is 0 Å². The van der Waals surface area contributed by atoms with Crippen molar-refractivity contribution in [2.45, 2.75) is 26.7 Å². The number of hydrogen-bond acceptors (Lipinski definition) is 3. The fourth-order valence-corrected chi connectivity index (χ4v) is 0.991. The van der Waals surface area contributed by atoms with Gasteiger partial charge in [-0.1, -0.05) is 13.3 Å². The summed E-state index contributed by atoms with van der Waals surface area (Å²) < 4.78 is 0. The minimum absolute atomic E-state index is 0.0987. The average Bonchev–Trinajstić information content (AvgIpc) is 2.19. The molecule has 1 amide bonds. The molecule has 0 aliphatic rings. The Hall–Kier alpha value is -1.45. The van der Waals surface area contributed by atoms with Crippen LogP contribution in [0.5, 0.6) is 0 Å². The molecule has 0 aromatic carbocycles. The van der Waals surface area contributed by atoms with Crippen molar-refractivity contribution in [3.8, 4) is 0 Å². The lowest BCUT2D eigenvalue weighted by molar-refractivity contribution is 0.0952. The molecule has 0 radical (unpaired) electrons. The number of hydrogen-bond donors (Lipinski definition) is 1. The zero-order valence-corrected chi connectivity index (χ0v) is 8.58. The van der Waals surface area contributed by atoms with E-state index in [1.165, 1.54) is 0 Å². The number of aromatic nitrogens is 2. The second kappa shape index (κ2) is 5.32. The third-order valence-electron chi connectivity index (χ3n) is 1.86. The molecule has 0 saturated carbocycles. The summed E-state index contributed by atoms with van der Waals surface area (Å²) in [6.45, 7) is 4.59. The smallest absolute Gasteiger partial charge is 0.254 e. The predicted molar refractivity (Wildman–Crippen MR) is 54.0 cm³/mol. The molecule has 0 spiro atoms. The highest BCUT2D eigenvalue weighted by molar-refractivity contribution is 5.93. The van der Waals surface area contributed by atoms with Crippen LogP contribution in [-0.2, 0) is 0 Å². The van der Waals surface area contributed by atoms with Crippen molar-refractivity contribution in [2.75, 3.05) is 6.54 Å². The lowest BCUT2D eigenvalue weighted by Gasteiger charge is -2.03. The molecule has 0 aliphatic carbocycles. The number of carbonyl (C=O) groups is 1. The van der Waals surface area contributed by atoms with Gasteiger partial charge in [0.2, 0.25) is 0 Å². The van der Waals surface area contributed by atoms with Gasteiger partial charge in [0.25, 0.3) is 5.91 Å². The van der Waals surface area contributed by atoms with Crippen LogP contribution in [-0.4, -0.2) is 22.4 Å². The maximum absolute atomic E-state index is 11.4. The normalized spacial score (nSPS) is 9.86. The molecule has 0 unspecified atom stereocenters. The highest BCUT2D eigenvalue weighted by atomic mass is 16.1. The van der Waals surface area contributed by atoms with Crippen molar-refractivity contribution >= 4 is 5.91 Å². The van der Waals surface area contributed by atoms with E-state index >= 15 is 0 Å². The first-order valence-electron chi connectivity index (χ1n) is 4.81. The Labute approximate surface area is 83.8 Å². The maximum atomic E-state index is 11.4. The van der Waals surface area contributed by atoms with E-state index in [0.29, 0.717) is 17.9 Å². The molecule has 1 heterocycles. The van der Waals surface area contributed by atoms with Crippen molar-refractivity contribution < 1.29 is 4.79 Å². The molecule has 76 valence electrons. The van der Waals surface area contributed by atoms with Gasteiger partial charge in [-0.25, -0.2) is 9.97 Å². The number of carbonyl (C=O) groups excluding carboxylic acids is 1. The van der Waals surface area contributed by atoms with Gasteiger partial charge in [-0.3, -0.25) is 4.79 Å². The number of nitrogens with one attached hydrogen (secondary N) is 1. The molecule has 4 heteroatoms. The summed E-state index contributed by atoms with van der Waals surface area (Å²) in [6, 6.07) is 0. The Morgan fingerprint density at radius 2 is 2.07 bits per heavy atom. The third-order valence-corrected chi connectivity index (χ3v) is 1.86. The van der Waals surface area contributed by atoms with E-state index in [1.807, 2.05) is 0 Å². The van der Waals surface area contributed by atoms with Crippen molar-refractivity contribution in [1.29, 1.82) is 0 Å². The molecule has 14 heavy (non-hydrogen) atoms. The molecule has 1 rings (SSSR count). The van der Waals surface area contributed by atoms with Crippen LogP contribution in [0.25, 0.3) is 0 Å². The Balaban J connectivity index is 2.48. The summed E-state index contributed by atoms with van der Waals surface area (Å²) in [5, 5.41) is 2.80. The van der Waals surface area contributed by atoms with Gasteiger partial charge in [0.05, 0.1) is 5.56 Å². The van der Waals surface area contributed by atoms with Crippen LogP contribution >= 0.6 is 0 Å². The van der Waals surface area contributed by atoms with Gasteiger partial charge in [-0.05, 0) is 13.3 Å². The highest BCUT2D eigenvalue weighted by Gasteiger charge is 2.04. The second-order valence-corrected chi connectivity index (χ2v) is 3.13. The molecule has 1 N–H and O–H groups in total. The molecule has 0 saturated heterocycles. The summed E-state index contributed by atoms with van der Waals surface area (Å²) in [4.78, 5) is 19.4. The number of amides is 1. The fourth-order valence-electron chi connectivity index (χ4n) is 0.991. The minimum Gasteiger partial charge on any atom is -0.352 e. The summed E-state index contributed by atoms with van der Waals surface area (Å²) in [6.07, 6.45) is 5.16. The van der Waals surface area contributed by atoms with Crippen LogP contribution in [0.3, 0.4) is 0 Å². The monoisotopic (exact) mass is 193 g/mol. The van der Waals surface area contributed by atoms with Crippen molar-refractivity contribution in [3.63, 3.8) is 0 Å². The van der Waals surface area contributed by atoms with Gasteiger partial charge in [0.1, 0.15) is 5.82 Å². The average molecular weight is 193 g/mol. The fraction of sp³-hybridized carbons (Fsp3) is 0.500. The SMILES string of the molecule is CCCCNC(=O)c1cnc(C)nc1. The van der Waals surface area contributed by atoms with E-state index < -0.39 is 0 Å². The van der Waals surface area contributed by atoms with Crippen LogP contribution < -0.4 is 5.32 Å². The Kier molecular flexibility index (Phi) is 4.04. The first-order valence-corrected chi connectivity index (χ1v) is 4.81. The standard InChI is InChI=1S/C10H15N3O/c1-3-4-5-11-10(14)9-6-12-8(2)13-7-9/h6-7H,3-5H2,1-2H3,(H,11,14). The molecule has 1 aromatic heterocycles. The molecular weight excluding hydrogens is 178 g/mol. The van der Waals surface area contributed by atoms with E-state index in [4.69, 9.17) is 0 Å². The second-order valence-electron chi connectivity index (χ2n) is 3.13. The Morgan fingerprint density at radius 1 is 1.43 bits per heavy atom. The third kappa shape index (κ3) is 3.12. The largest absolute Gasteiger partial charge is 0.352 e. The minimum atomic E-state index is -0.0987. The zero-order chi connectivity index (χ0) is 10.4. The molecule has 4 nitrogen and oxygen atoms in total. The quantitative estimate of drug-likeness (QED) is 0.733. The van der Waals surface area contributed by atoms with E-state index in [0.717, 1.165) is 12.8 Å². The van der Waals surface area contributed by atoms with Gasteiger partial charge in [0, 0.05) is 18.9 Å². The number of aryl methyl sites for hydroxylation is 1. The number of unbranched alkanes of at least 4 members (excludes halogenated alkanes) is 1. The first kappa shape index (κ1) is 10.6. The first-order chi connectivity index (χ1) is 6.74. The van der Waals surface area contributed by atoms with Gasteiger partial charge in [-0.2, -0.15) is 0 Å². The van der Waals surface area contributed by atoms with Crippen LogP contribution in [0, 0.1) is 6.92 Å². The highest BCUT2D eigenvalue weighted by Crippen LogP contribution is 1.95. The van der Waals surface area contributed by atoms with Crippen LogP contribution in [0.4, 0.5) is 0 Å². The van der Waals surface area contributed by atoms with Crippen molar-refractivity contribution in [1.82, 2.24) is 15.3 Å². The molecule has 0 aliphatic heterocycles. The summed E-state index contributed by atoms with van der Waals surface area (Å²) in [5.41, 5.74) is 0.520. The van der Waals surface area contributed by atoms with Crippen LogP contribution in [0.1, 0.15) is 35.9 Å². The lowest BCUT2D eigenvalue weighted by Crippen LogP contribution is -2.24. The molecule has 0 fully saturated rings. The van der Waals surface area contributed by atoms with E-state index in [1.54, 1.807) is 19.3 Å². The zero-order valence-electron chi connectivity index (χ0n) is 8.58. The van der Waals surface area contributed by atoms with Crippen molar-refractivity contribution in [3.05, 3.63) is 23.8 Å². The molecule has 1 aromatic rings. The van der Waals surface area contributed by atoms with Gasteiger partial charge >= 0.3 is 0 Å². The molecule has 0 bridgehead atoms.